The summed E-state index contributed by atoms with van der Waals surface area (Å²) in [5.74, 6) is -1.26. The molecule has 0 atom stereocenters. The Kier molecular flexibility index (Phi) is 3.91. The van der Waals surface area contributed by atoms with Crippen LogP contribution in [0.15, 0.2) is 17.8 Å². The van der Waals surface area contributed by atoms with Crippen LogP contribution in [0.4, 0.5) is 5.13 Å². The highest BCUT2D eigenvalue weighted by molar-refractivity contribution is 7.14. The molecule has 1 amide bonds. The Hall–Kier alpha value is -2.22. The van der Waals surface area contributed by atoms with E-state index in [-0.39, 0.29) is 12.3 Å². The quantitative estimate of drug-likeness (QED) is 0.858. The molecule has 19 heavy (non-hydrogen) atoms. The van der Waals surface area contributed by atoms with Crippen molar-refractivity contribution in [2.45, 2.75) is 19.9 Å². The fourth-order valence-electron chi connectivity index (χ4n) is 1.42. The predicted octanol–water partition coefficient (Wildman–Crippen LogP) is 1.24. The Labute approximate surface area is 112 Å². The molecule has 2 rings (SSSR count). The highest BCUT2D eigenvalue weighted by Crippen LogP contribution is 2.16. The number of nitrogens with one attached hydrogen (secondary N) is 1. The van der Waals surface area contributed by atoms with Crippen molar-refractivity contribution in [1.29, 1.82) is 0 Å². The van der Waals surface area contributed by atoms with Crippen LogP contribution in [0.2, 0.25) is 0 Å². The highest BCUT2D eigenvalue weighted by Gasteiger charge is 2.12. The van der Waals surface area contributed by atoms with Crippen LogP contribution in [0.3, 0.4) is 0 Å². The van der Waals surface area contributed by atoms with Crippen LogP contribution in [0.5, 0.6) is 0 Å². The van der Waals surface area contributed by atoms with E-state index in [2.05, 4.69) is 15.4 Å². The lowest BCUT2D eigenvalue weighted by Gasteiger charge is -1.97. The summed E-state index contributed by atoms with van der Waals surface area (Å²) < 4.78 is 1.65. The van der Waals surface area contributed by atoms with E-state index in [1.54, 1.807) is 16.3 Å². The van der Waals surface area contributed by atoms with E-state index in [4.69, 9.17) is 5.11 Å². The molecule has 8 heteroatoms. The summed E-state index contributed by atoms with van der Waals surface area (Å²) in [5.41, 5.74) is 0.869. The van der Waals surface area contributed by atoms with Crippen molar-refractivity contribution in [3.8, 4) is 0 Å². The molecule has 0 aliphatic heterocycles. The molecule has 2 aromatic rings. The van der Waals surface area contributed by atoms with Crippen molar-refractivity contribution in [1.82, 2.24) is 14.8 Å². The van der Waals surface area contributed by atoms with E-state index in [1.165, 1.54) is 17.5 Å². The zero-order valence-corrected chi connectivity index (χ0v) is 11.0. The molecule has 0 aliphatic rings. The summed E-state index contributed by atoms with van der Waals surface area (Å²) >= 11 is 1.19. The zero-order chi connectivity index (χ0) is 13.8. The average molecular weight is 280 g/mol. The maximum Gasteiger partial charge on any atom is 0.309 e. The number of carbonyl (C=O) groups is 2. The first-order chi connectivity index (χ1) is 9.08. The third-order valence-electron chi connectivity index (χ3n) is 2.32. The SMILES string of the molecule is CCn1cc(C(=O)Nc2nc(CC(=O)O)cs2)cn1. The number of nitrogens with zero attached hydrogens (tertiary/aromatic N) is 3. The molecule has 0 aliphatic carbocycles. The summed E-state index contributed by atoms with van der Waals surface area (Å²) in [4.78, 5) is 26.4. The standard InChI is InChI=1S/C11H12N4O3S/c1-2-15-5-7(4-12-15)10(18)14-11-13-8(6-19-11)3-9(16)17/h4-6H,2-3H2,1H3,(H,16,17)(H,13,14,18). The molecule has 2 heterocycles. The van der Waals surface area contributed by atoms with E-state index >= 15 is 0 Å². The molecule has 0 unspecified atom stereocenters. The topological polar surface area (TPSA) is 97.1 Å². The molecule has 0 bridgehead atoms. The van der Waals surface area contributed by atoms with Crippen LogP contribution in [-0.2, 0) is 17.8 Å². The van der Waals surface area contributed by atoms with Crippen molar-refractivity contribution < 1.29 is 14.7 Å². The highest BCUT2D eigenvalue weighted by atomic mass is 32.1. The number of anilines is 1. The lowest BCUT2D eigenvalue weighted by atomic mass is 10.3. The number of aromatic nitrogens is 3. The number of thiazole rings is 1. The Morgan fingerprint density at radius 2 is 2.32 bits per heavy atom. The van der Waals surface area contributed by atoms with Crippen molar-refractivity contribution in [3.05, 3.63) is 29.0 Å². The van der Waals surface area contributed by atoms with Gasteiger partial charge in [0.2, 0.25) is 0 Å². The van der Waals surface area contributed by atoms with Gasteiger partial charge >= 0.3 is 5.97 Å². The molecule has 0 saturated carbocycles. The lowest BCUT2D eigenvalue weighted by Crippen LogP contribution is -2.11. The number of aliphatic carboxylic acids is 1. The van der Waals surface area contributed by atoms with Crippen LogP contribution in [0, 0.1) is 0 Å². The number of hydrogen-bond acceptors (Lipinski definition) is 5. The van der Waals surface area contributed by atoms with Gasteiger partial charge in [0.1, 0.15) is 0 Å². The molecule has 0 fully saturated rings. The van der Waals surface area contributed by atoms with Crippen molar-refractivity contribution in [2.75, 3.05) is 5.32 Å². The Morgan fingerprint density at radius 1 is 1.53 bits per heavy atom. The van der Waals surface area contributed by atoms with Crippen molar-refractivity contribution in [3.63, 3.8) is 0 Å². The first kappa shape index (κ1) is 13.2. The number of amides is 1. The van der Waals surface area contributed by atoms with Gasteiger partial charge in [0, 0.05) is 18.1 Å². The van der Waals surface area contributed by atoms with Gasteiger partial charge in [-0.25, -0.2) is 4.98 Å². The molecule has 0 aromatic carbocycles. The van der Waals surface area contributed by atoms with Gasteiger partial charge in [-0.2, -0.15) is 5.10 Å². The third-order valence-corrected chi connectivity index (χ3v) is 3.13. The molecule has 100 valence electrons. The molecular formula is C11H12N4O3S. The van der Waals surface area contributed by atoms with Gasteiger partial charge in [0.25, 0.3) is 5.91 Å². The Bertz CT molecular complexity index is 605. The van der Waals surface area contributed by atoms with Gasteiger partial charge in [-0.05, 0) is 6.92 Å². The number of aryl methyl sites for hydroxylation is 1. The summed E-state index contributed by atoms with van der Waals surface area (Å²) in [6, 6.07) is 0. The number of carbonyl (C=O) groups excluding carboxylic acids is 1. The van der Waals surface area contributed by atoms with Crippen LogP contribution >= 0.6 is 11.3 Å². The second kappa shape index (κ2) is 5.61. The minimum Gasteiger partial charge on any atom is -0.481 e. The summed E-state index contributed by atoms with van der Waals surface area (Å²) in [5, 5.41) is 17.2. The van der Waals surface area contributed by atoms with Crippen molar-refractivity contribution in [2.24, 2.45) is 0 Å². The van der Waals surface area contributed by atoms with Crippen molar-refractivity contribution >= 4 is 28.3 Å². The van der Waals surface area contributed by atoms with E-state index in [1.807, 2.05) is 6.92 Å². The Morgan fingerprint density at radius 3 is 2.95 bits per heavy atom. The zero-order valence-electron chi connectivity index (χ0n) is 10.2. The molecule has 2 N–H and O–H groups in total. The first-order valence-electron chi connectivity index (χ1n) is 5.58. The third kappa shape index (κ3) is 3.38. The second-order valence-corrected chi connectivity index (χ2v) is 4.61. The molecule has 0 saturated heterocycles. The Balaban J connectivity index is 2.02. The van der Waals surface area contributed by atoms with Crippen LogP contribution < -0.4 is 5.32 Å². The van der Waals surface area contributed by atoms with Crippen LogP contribution in [0.25, 0.3) is 0 Å². The van der Waals surface area contributed by atoms with Crippen LogP contribution in [0.1, 0.15) is 23.0 Å². The second-order valence-electron chi connectivity index (χ2n) is 3.75. The smallest absolute Gasteiger partial charge is 0.309 e. The number of carboxylic acids is 1. The molecule has 2 aromatic heterocycles. The van der Waals surface area contributed by atoms with Gasteiger partial charge in [0.15, 0.2) is 5.13 Å². The largest absolute Gasteiger partial charge is 0.481 e. The number of rotatable bonds is 5. The molecule has 0 spiro atoms. The van der Waals surface area contributed by atoms with E-state index < -0.39 is 5.97 Å². The monoisotopic (exact) mass is 280 g/mol. The average Bonchev–Trinajstić information content (AvgIpc) is 2.97. The minimum atomic E-state index is -0.951. The summed E-state index contributed by atoms with van der Waals surface area (Å²) in [6.07, 6.45) is 2.96. The fraction of sp³-hybridized carbons (Fsp3) is 0.273. The molecule has 0 radical (unpaired) electrons. The molecular weight excluding hydrogens is 268 g/mol. The van der Waals surface area contributed by atoms with E-state index in [0.717, 1.165) is 0 Å². The van der Waals surface area contributed by atoms with Crippen LogP contribution in [-0.4, -0.2) is 31.7 Å². The minimum absolute atomic E-state index is 0.153. The summed E-state index contributed by atoms with van der Waals surface area (Å²) in [7, 11) is 0. The number of hydrogen-bond donors (Lipinski definition) is 2. The maximum atomic E-state index is 11.9. The van der Waals surface area contributed by atoms with Gasteiger partial charge in [-0.1, -0.05) is 0 Å². The lowest BCUT2D eigenvalue weighted by molar-refractivity contribution is -0.136. The maximum absolute atomic E-state index is 11.9. The number of carboxylic acid groups (broad SMARTS) is 1. The summed E-state index contributed by atoms with van der Waals surface area (Å²) in [6.45, 7) is 2.61. The van der Waals surface area contributed by atoms with Gasteiger partial charge in [-0.3, -0.25) is 19.6 Å². The van der Waals surface area contributed by atoms with Gasteiger partial charge < -0.3 is 5.11 Å². The molecule has 7 nitrogen and oxygen atoms in total. The van der Waals surface area contributed by atoms with E-state index in [0.29, 0.717) is 22.9 Å². The normalized spacial score (nSPS) is 10.4. The van der Waals surface area contributed by atoms with E-state index in [9.17, 15) is 9.59 Å². The predicted molar refractivity (Wildman–Crippen MR) is 69.3 cm³/mol. The first-order valence-corrected chi connectivity index (χ1v) is 6.46. The fourth-order valence-corrected chi connectivity index (χ4v) is 2.13. The van der Waals surface area contributed by atoms with Gasteiger partial charge in [0.05, 0.1) is 23.9 Å². The van der Waals surface area contributed by atoms with Gasteiger partial charge in [-0.15, -0.1) is 11.3 Å².